The van der Waals surface area contributed by atoms with Crippen molar-refractivity contribution in [1.29, 1.82) is 0 Å². The van der Waals surface area contributed by atoms with Gasteiger partial charge in [0.1, 0.15) is 0 Å². The van der Waals surface area contributed by atoms with Crippen LogP contribution in [0.1, 0.15) is 21.5 Å². The Morgan fingerprint density at radius 2 is 1.73 bits per heavy atom. The molecule has 0 saturated heterocycles. The van der Waals surface area contributed by atoms with Crippen molar-refractivity contribution >= 4 is 54.4 Å². The van der Waals surface area contributed by atoms with Gasteiger partial charge in [-0.25, -0.2) is 12.4 Å². The lowest BCUT2D eigenvalue weighted by molar-refractivity contribution is -0.136. The van der Waals surface area contributed by atoms with Crippen molar-refractivity contribution in [2.45, 2.75) is 18.2 Å². The molecule has 0 radical (unpaired) electrons. The Morgan fingerprint density at radius 1 is 1.03 bits per heavy atom. The van der Waals surface area contributed by atoms with Crippen LogP contribution in [0.5, 0.6) is 0 Å². The molecule has 9 heteroatoms. The number of carboxylic acid groups (broad SMARTS) is 1. The van der Waals surface area contributed by atoms with Gasteiger partial charge in [-0.05, 0) is 64.8 Å². The van der Waals surface area contributed by atoms with Gasteiger partial charge in [-0.2, -0.15) is 0 Å². The minimum atomic E-state index is -3.83. The summed E-state index contributed by atoms with van der Waals surface area (Å²) in [6.45, 7) is 1.88. The predicted octanol–water partition coefficient (Wildman–Crippen LogP) is 4.83. The maximum atomic E-state index is 13.2. The lowest BCUT2D eigenvalue weighted by atomic mass is 10.1. The smallest absolute Gasteiger partial charge is 0.307 e. The van der Waals surface area contributed by atoms with Gasteiger partial charge < -0.3 is 10.4 Å². The summed E-state index contributed by atoms with van der Waals surface area (Å²) in [5.74, 6) is -1.44. The van der Waals surface area contributed by atoms with E-state index < -0.39 is 21.9 Å². The number of hydrogen-bond donors (Lipinski definition) is 2. The van der Waals surface area contributed by atoms with Crippen molar-refractivity contribution in [3.05, 3.63) is 94.1 Å². The van der Waals surface area contributed by atoms with Crippen molar-refractivity contribution < 1.29 is 23.1 Å². The van der Waals surface area contributed by atoms with Crippen molar-refractivity contribution in [2.24, 2.45) is 0 Å². The fraction of sp³-hybridized carbons (Fsp3) is 0.0833. The highest BCUT2D eigenvalue weighted by Gasteiger charge is 2.22. The van der Waals surface area contributed by atoms with Crippen LogP contribution in [0.3, 0.4) is 0 Å². The second kappa shape index (κ2) is 8.84. The molecule has 0 aliphatic carbocycles. The Labute approximate surface area is 198 Å². The van der Waals surface area contributed by atoms with Gasteiger partial charge in [-0.1, -0.05) is 35.9 Å². The van der Waals surface area contributed by atoms with Gasteiger partial charge in [0.2, 0.25) is 0 Å². The van der Waals surface area contributed by atoms with E-state index in [4.69, 9.17) is 5.11 Å². The molecular formula is C24H19BrN2O5S. The zero-order valence-electron chi connectivity index (χ0n) is 17.4. The second-order valence-corrected chi connectivity index (χ2v) is 10.2. The number of carbonyl (C=O) groups is 2. The molecule has 1 heterocycles. The molecule has 4 rings (SSSR count). The summed E-state index contributed by atoms with van der Waals surface area (Å²) in [6.07, 6.45) is 1.23. The first kappa shape index (κ1) is 22.8. The van der Waals surface area contributed by atoms with E-state index in [1.54, 1.807) is 66.7 Å². The number of rotatable bonds is 6. The molecule has 4 aromatic rings. The maximum absolute atomic E-state index is 13.2. The molecule has 0 atom stereocenters. The van der Waals surface area contributed by atoms with E-state index in [-0.39, 0.29) is 11.3 Å². The Morgan fingerprint density at radius 3 is 2.42 bits per heavy atom. The first-order valence-corrected chi connectivity index (χ1v) is 12.1. The molecule has 0 aliphatic heterocycles. The van der Waals surface area contributed by atoms with E-state index in [2.05, 4.69) is 21.2 Å². The SMILES string of the molecule is Cc1ccc(S(=O)(=O)n2ccc3cc(C(=O)Nc4ccccc4CC(=O)O)cc(Br)c32)cc1. The van der Waals surface area contributed by atoms with Gasteiger partial charge in [-0.15, -0.1) is 0 Å². The van der Waals surface area contributed by atoms with E-state index >= 15 is 0 Å². The summed E-state index contributed by atoms with van der Waals surface area (Å²) in [6, 6.07) is 18.0. The number of nitrogens with zero attached hydrogens (tertiary/aromatic N) is 1. The summed E-state index contributed by atoms with van der Waals surface area (Å²) < 4.78 is 28.0. The number of para-hydroxylation sites is 1. The molecule has 0 fully saturated rings. The van der Waals surface area contributed by atoms with Crippen LogP contribution in [-0.2, 0) is 21.2 Å². The Hall–Kier alpha value is -3.43. The zero-order valence-corrected chi connectivity index (χ0v) is 19.9. The van der Waals surface area contributed by atoms with Gasteiger partial charge in [-0.3, -0.25) is 9.59 Å². The summed E-state index contributed by atoms with van der Waals surface area (Å²) >= 11 is 3.41. The quantitative estimate of drug-likeness (QED) is 0.374. The lowest BCUT2D eigenvalue weighted by Crippen LogP contribution is -2.15. The van der Waals surface area contributed by atoms with Crippen LogP contribution >= 0.6 is 15.9 Å². The predicted molar refractivity (Wildman–Crippen MR) is 129 cm³/mol. The number of aliphatic carboxylic acids is 1. The third-order valence-electron chi connectivity index (χ3n) is 5.15. The second-order valence-electron chi connectivity index (χ2n) is 7.51. The molecule has 3 aromatic carbocycles. The number of aromatic nitrogens is 1. The number of carbonyl (C=O) groups excluding carboxylic acids is 1. The highest BCUT2D eigenvalue weighted by molar-refractivity contribution is 9.10. The molecule has 0 bridgehead atoms. The summed E-state index contributed by atoms with van der Waals surface area (Å²) in [4.78, 5) is 24.2. The van der Waals surface area contributed by atoms with Crippen LogP contribution in [0.2, 0.25) is 0 Å². The third kappa shape index (κ3) is 4.55. The average Bonchev–Trinajstić information content (AvgIpc) is 3.21. The molecule has 0 saturated carbocycles. The molecule has 168 valence electrons. The van der Waals surface area contributed by atoms with E-state index in [0.29, 0.717) is 32.2 Å². The van der Waals surface area contributed by atoms with Gasteiger partial charge in [0.25, 0.3) is 15.9 Å². The van der Waals surface area contributed by atoms with Gasteiger partial charge in [0.05, 0.1) is 16.8 Å². The van der Waals surface area contributed by atoms with E-state index in [1.165, 1.54) is 10.2 Å². The Kier molecular flexibility index (Phi) is 6.09. The Bertz CT molecular complexity index is 1490. The number of nitrogens with one attached hydrogen (secondary N) is 1. The molecule has 2 N–H and O–H groups in total. The molecular weight excluding hydrogens is 508 g/mol. The van der Waals surface area contributed by atoms with Crippen molar-refractivity contribution in [2.75, 3.05) is 5.32 Å². The fourth-order valence-corrected chi connectivity index (χ4v) is 5.67. The van der Waals surface area contributed by atoms with Gasteiger partial charge in [0, 0.05) is 27.3 Å². The standard InChI is InChI=1S/C24H19BrN2O5S/c1-15-6-8-19(9-7-15)33(31,32)27-11-10-17-12-18(13-20(25)23(17)27)24(30)26-21-5-3-2-4-16(21)14-22(28)29/h2-13H,14H2,1H3,(H,26,30)(H,28,29). The van der Waals surface area contributed by atoms with Crippen LogP contribution in [0, 0.1) is 6.92 Å². The van der Waals surface area contributed by atoms with Crippen molar-refractivity contribution in [3.8, 4) is 0 Å². The maximum Gasteiger partial charge on any atom is 0.307 e. The topological polar surface area (TPSA) is 105 Å². The molecule has 0 aliphatic rings. The van der Waals surface area contributed by atoms with E-state index in [1.807, 2.05) is 6.92 Å². The summed E-state index contributed by atoms with van der Waals surface area (Å²) in [5, 5.41) is 12.4. The van der Waals surface area contributed by atoms with Crippen LogP contribution in [0.15, 0.2) is 82.3 Å². The molecule has 7 nitrogen and oxygen atoms in total. The number of benzene rings is 3. The zero-order chi connectivity index (χ0) is 23.8. The van der Waals surface area contributed by atoms with Crippen molar-refractivity contribution in [1.82, 2.24) is 3.97 Å². The first-order chi connectivity index (χ1) is 15.7. The third-order valence-corrected chi connectivity index (χ3v) is 7.44. The van der Waals surface area contributed by atoms with Crippen LogP contribution in [-0.4, -0.2) is 29.4 Å². The molecule has 0 spiro atoms. The Balaban J connectivity index is 1.70. The minimum Gasteiger partial charge on any atom is -0.481 e. The normalized spacial score (nSPS) is 11.5. The average molecular weight is 527 g/mol. The van der Waals surface area contributed by atoms with E-state index in [9.17, 15) is 18.0 Å². The van der Waals surface area contributed by atoms with Crippen LogP contribution in [0.4, 0.5) is 5.69 Å². The molecule has 1 amide bonds. The van der Waals surface area contributed by atoms with Crippen molar-refractivity contribution in [3.63, 3.8) is 0 Å². The van der Waals surface area contributed by atoms with E-state index in [0.717, 1.165) is 5.56 Å². The number of aryl methyl sites for hydroxylation is 1. The number of fused-ring (bicyclic) bond motifs is 1. The number of anilines is 1. The van der Waals surface area contributed by atoms with Gasteiger partial charge >= 0.3 is 5.97 Å². The minimum absolute atomic E-state index is 0.161. The monoisotopic (exact) mass is 526 g/mol. The largest absolute Gasteiger partial charge is 0.481 e. The fourth-order valence-electron chi connectivity index (χ4n) is 3.51. The first-order valence-electron chi connectivity index (χ1n) is 9.91. The number of hydrogen-bond acceptors (Lipinski definition) is 4. The molecule has 1 aromatic heterocycles. The van der Waals surface area contributed by atoms with Gasteiger partial charge in [0.15, 0.2) is 0 Å². The van der Waals surface area contributed by atoms with Crippen LogP contribution in [0.25, 0.3) is 10.9 Å². The highest BCUT2D eigenvalue weighted by Crippen LogP contribution is 2.30. The summed E-state index contributed by atoms with van der Waals surface area (Å²) in [5.41, 5.74) is 2.55. The number of halogens is 1. The number of amides is 1. The molecule has 0 unspecified atom stereocenters. The van der Waals surface area contributed by atoms with Crippen LogP contribution < -0.4 is 5.32 Å². The summed E-state index contributed by atoms with van der Waals surface area (Å²) in [7, 11) is -3.83. The number of carboxylic acids is 1. The highest BCUT2D eigenvalue weighted by atomic mass is 79.9. The lowest BCUT2D eigenvalue weighted by Gasteiger charge is -2.12. The molecule has 33 heavy (non-hydrogen) atoms.